The Balaban J connectivity index is 2.33. The summed E-state index contributed by atoms with van der Waals surface area (Å²) in [5.41, 5.74) is 0. The first-order chi connectivity index (χ1) is 7.67. The molecule has 1 N–H and O–H groups in total. The molecule has 1 saturated heterocycles. The Bertz CT molecular complexity index is 327. The molecule has 16 heavy (non-hydrogen) atoms. The van der Waals surface area contributed by atoms with Crippen LogP contribution in [0.4, 0.5) is 0 Å². The fourth-order valence-corrected chi connectivity index (χ4v) is 1.54. The summed E-state index contributed by atoms with van der Waals surface area (Å²) >= 11 is 0. The lowest BCUT2D eigenvalue weighted by Crippen LogP contribution is -2.35. The maximum atomic E-state index is 11.5. The van der Waals surface area contributed by atoms with Crippen LogP contribution < -0.4 is 5.32 Å². The molecule has 1 aliphatic rings. The minimum atomic E-state index is -0.459. The van der Waals surface area contributed by atoms with Gasteiger partial charge in [0, 0.05) is 6.42 Å². The zero-order chi connectivity index (χ0) is 12.0. The van der Waals surface area contributed by atoms with Gasteiger partial charge in [-0.3, -0.25) is 4.79 Å². The van der Waals surface area contributed by atoms with Crippen molar-refractivity contribution in [1.29, 1.82) is 0 Å². The molecule has 0 spiro atoms. The topological polar surface area (TPSA) is 55.4 Å². The maximum absolute atomic E-state index is 11.5. The molecule has 0 radical (unpaired) electrons. The number of carbonyl (C=O) groups is 2. The monoisotopic (exact) mass is 223 g/mol. The summed E-state index contributed by atoms with van der Waals surface area (Å²) in [6.45, 7) is 4.07. The van der Waals surface area contributed by atoms with E-state index in [2.05, 4.69) is 17.2 Å². The second kappa shape index (κ2) is 6.16. The molecule has 0 aromatic carbocycles. The second-order valence-corrected chi connectivity index (χ2v) is 3.79. The van der Waals surface area contributed by atoms with E-state index in [1.807, 2.05) is 6.92 Å². The minimum Gasteiger partial charge on any atom is -0.463 e. The Labute approximate surface area is 95.7 Å². The third-order valence-electron chi connectivity index (χ3n) is 2.55. The summed E-state index contributed by atoms with van der Waals surface area (Å²) in [4.78, 5) is 22.4. The Morgan fingerprint density at radius 1 is 1.69 bits per heavy atom. The molecule has 1 aliphatic heterocycles. The molecule has 0 aromatic rings. The van der Waals surface area contributed by atoms with Crippen molar-refractivity contribution in [3.63, 3.8) is 0 Å². The normalized spacial score (nSPS) is 20.6. The van der Waals surface area contributed by atoms with Gasteiger partial charge < -0.3 is 10.1 Å². The first-order valence-corrected chi connectivity index (χ1v) is 5.55. The zero-order valence-corrected chi connectivity index (χ0v) is 9.71. The van der Waals surface area contributed by atoms with Gasteiger partial charge in [0.05, 0.1) is 5.92 Å². The van der Waals surface area contributed by atoms with Gasteiger partial charge in [-0.1, -0.05) is 12.8 Å². The summed E-state index contributed by atoms with van der Waals surface area (Å²) in [5, 5.41) is 2.58. The number of carbonyl (C=O) groups excluding carboxylic acids is 2. The van der Waals surface area contributed by atoms with Crippen molar-refractivity contribution >= 4 is 11.9 Å². The molecule has 2 atom stereocenters. The average Bonchev–Trinajstić information content (AvgIpc) is 2.70. The number of rotatable bonds is 4. The molecule has 0 saturated carbocycles. The molecular formula is C12H17NO3. The largest absolute Gasteiger partial charge is 0.463 e. The van der Waals surface area contributed by atoms with E-state index in [9.17, 15) is 9.59 Å². The summed E-state index contributed by atoms with van der Waals surface area (Å²) in [6.07, 6.45) is 1.80. The van der Waals surface area contributed by atoms with Crippen LogP contribution in [0.5, 0.6) is 0 Å². The number of esters is 1. The molecule has 0 bridgehead atoms. The SMILES string of the molecule is CC#CC(CC)COC(=O)C1CCC(=O)N1. The second-order valence-electron chi connectivity index (χ2n) is 3.79. The molecule has 1 amide bonds. The van der Waals surface area contributed by atoms with E-state index in [0.717, 1.165) is 6.42 Å². The fourth-order valence-electron chi connectivity index (χ4n) is 1.54. The number of hydrogen-bond acceptors (Lipinski definition) is 3. The van der Waals surface area contributed by atoms with Crippen molar-refractivity contribution in [3.05, 3.63) is 0 Å². The van der Waals surface area contributed by atoms with E-state index in [-0.39, 0.29) is 17.8 Å². The fraction of sp³-hybridized carbons (Fsp3) is 0.667. The molecular weight excluding hydrogens is 206 g/mol. The standard InChI is InChI=1S/C12H17NO3/c1-3-5-9(4-2)8-16-12(15)10-6-7-11(14)13-10/h9-10H,4,6-8H2,1-2H3,(H,13,14). The van der Waals surface area contributed by atoms with Gasteiger partial charge in [-0.15, -0.1) is 5.92 Å². The van der Waals surface area contributed by atoms with Gasteiger partial charge >= 0.3 is 5.97 Å². The van der Waals surface area contributed by atoms with E-state index in [4.69, 9.17) is 4.74 Å². The lowest BCUT2D eigenvalue weighted by Gasteiger charge is -2.12. The van der Waals surface area contributed by atoms with Crippen molar-refractivity contribution in [2.45, 2.75) is 39.2 Å². The first kappa shape index (κ1) is 12.6. The van der Waals surface area contributed by atoms with Crippen LogP contribution >= 0.6 is 0 Å². The van der Waals surface area contributed by atoms with Gasteiger partial charge in [0.25, 0.3) is 0 Å². The van der Waals surface area contributed by atoms with Gasteiger partial charge in [-0.05, 0) is 19.8 Å². The van der Waals surface area contributed by atoms with Crippen LogP contribution in [-0.4, -0.2) is 24.5 Å². The van der Waals surface area contributed by atoms with Crippen LogP contribution in [0.1, 0.15) is 33.1 Å². The van der Waals surface area contributed by atoms with Crippen LogP contribution in [0, 0.1) is 17.8 Å². The van der Waals surface area contributed by atoms with Crippen molar-refractivity contribution in [3.8, 4) is 11.8 Å². The molecule has 1 fully saturated rings. The summed E-state index contributed by atoms with van der Waals surface area (Å²) in [5.74, 6) is 5.44. The van der Waals surface area contributed by atoms with Crippen LogP contribution in [0.3, 0.4) is 0 Å². The maximum Gasteiger partial charge on any atom is 0.328 e. The summed E-state index contributed by atoms with van der Waals surface area (Å²) in [6, 6.07) is -0.459. The van der Waals surface area contributed by atoms with Crippen LogP contribution in [0.2, 0.25) is 0 Å². The molecule has 2 unspecified atom stereocenters. The van der Waals surface area contributed by atoms with Gasteiger partial charge in [-0.2, -0.15) is 0 Å². The first-order valence-electron chi connectivity index (χ1n) is 5.55. The third-order valence-corrected chi connectivity index (χ3v) is 2.55. The van der Waals surface area contributed by atoms with Crippen LogP contribution in [-0.2, 0) is 14.3 Å². The molecule has 88 valence electrons. The smallest absolute Gasteiger partial charge is 0.328 e. The van der Waals surface area contributed by atoms with Gasteiger partial charge in [-0.25, -0.2) is 4.79 Å². The highest BCUT2D eigenvalue weighted by Gasteiger charge is 2.28. The van der Waals surface area contributed by atoms with Crippen LogP contribution in [0.25, 0.3) is 0 Å². The molecule has 0 aliphatic carbocycles. The van der Waals surface area contributed by atoms with Gasteiger partial charge in [0.1, 0.15) is 12.6 Å². The van der Waals surface area contributed by atoms with E-state index < -0.39 is 6.04 Å². The molecule has 1 heterocycles. The molecule has 4 nitrogen and oxygen atoms in total. The number of ether oxygens (including phenoxy) is 1. The third kappa shape index (κ3) is 3.58. The average molecular weight is 223 g/mol. The highest BCUT2D eigenvalue weighted by Crippen LogP contribution is 2.09. The molecule has 1 rings (SSSR count). The highest BCUT2D eigenvalue weighted by molar-refractivity contribution is 5.88. The van der Waals surface area contributed by atoms with Gasteiger partial charge in [0.15, 0.2) is 0 Å². The van der Waals surface area contributed by atoms with E-state index in [0.29, 0.717) is 19.4 Å². The zero-order valence-electron chi connectivity index (χ0n) is 9.71. The Hall–Kier alpha value is -1.50. The van der Waals surface area contributed by atoms with Crippen LogP contribution in [0.15, 0.2) is 0 Å². The Morgan fingerprint density at radius 2 is 2.44 bits per heavy atom. The summed E-state index contributed by atoms with van der Waals surface area (Å²) in [7, 11) is 0. The predicted octanol–water partition coefficient (Wildman–Crippen LogP) is 0.858. The quantitative estimate of drug-likeness (QED) is 0.568. The van der Waals surface area contributed by atoms with E-state index in [1.54, 1.807) is 6.92 Å². The van der Waals surface area contributed by atoms with Crippen molar-refractivity contribution in [2.75, 3.05) is 6.61 Å². The Kier molecular flexibility index (Phi) is 4.84. The van der Waals surface area contributed by atoms with E-state index >= 15 is 0 Å². The molecule has 4 heteroatoms. The van der Waals surface area contributed by atoms with Crippen molar-refractivity contribution < 1.29 is 14.3 Å². The van der Waals surface area contributed by atoms with Crippen molar-refractivity contribution in [1.82, 2.24) is 5.32 Å². The predicted molar refractivity (Wildman–Crippen MR) is 59.4 cm³/mol. The molecule has 0 aromatic heterocycles. The Morgan fingerprint density at radius 3 is 2.94 bits per heavy atom. The number of hydrogen-bond donors (Lipinski definition) is 1. The minimum absolute atomic E-state index is 0.0812. The van der Waals surface area contributed by atoms with Crippen molar-refractivity contribution in [2.24, 2.45) is 5.92 Å². The van der Waals surface area contributed by atoms with Gasteiger partial charge in [0.2, 0.25) is 5.91 Å². The lowest BCUT2D eigenvalue weighted by molar-refractivity contribution is -0.147. The lowest BCUT2D eigenvalue weighted by atomic mass is 10.1. The summed E-state index contributed by atoms with van der Waals surface area (Å²) < 4.78 is 5.12. The number of nitrogens with one attached hydrogen (secondary N) is 1. The van der Waals surface area contributed by atoms with E-state index in [1.165, 1.54) is 0 Å². The number of amides is 1. The highest BCUT2D eigenvalue weighted by atomic mass is 16.5.